The Hall–Kier alpha value is -2.19. The number of aryl methyl sites for hydroxylation is 1. The van der Waals surface area contributed by atoms with E-state index in [1.165, 1.54) is 35.3 Å². The molecule has 2 aliphatic heterocycles. The molecule has 0 radical (unpaired) electrons. The fraction of sp³-hybridized carbons (Fsp3) is 0.400. The molecule has 2 aliphatic rings. The molecule has 1 atom stereocenters. The van der Waals surface area contributed by atoms with Crippen molar-refractivity contribution in [3.05, 3.63) is 52.9 Å². The first-order chi connectivity index (χ1) is 13.5. The SMILES string of the molecule is Cc1cc(C2=NNC(=Nc3ccc(F)cc3F)SC2)c(C)n1CC1CCCO1. The van der Waals surface area contributed by atoms with Crippen LogP contribution >= 0.6 is 11.8 Å². The van der Waals surface area contributed by atoms with Crippen molar-refractivity contribution in [3.8, 4) is 0 Å². The Kier molecular flexibility index (Phi) is 5.50. The van der Waals surface area contributed by atoms with Crippen molar-refractivity contribution in [2.75, 3.05) is 12.4 Å². The first-order valence-corrected chi connectivity index (χ1v) is 10.3. The highest BCUT2D eigenvalue weighted by atomic mass is 32.2. The number of nitrogens with zero attached hydrogens (tertiary/aromatic N) is 3. The molecule has 0 saturated carbocycles. The van der Waals surface area contributed by atoms with Gasteiger partial charge in [-0.2, -0.15) is 5.10 Å². The van der Waals surface area contributed by atoms with E-state index in [0.717, 1.165) is 43.3 Å². The number of aromatic nitrogens is 1. The minimum atomic E-state index is -0.692. The van der Waals surface area contributed by atoms with Crippen molar-refractivity contribution in [2.45, 2.75) is 39.3 Å². The van der Waals surface area contributed by atoms with Crippen molar-refractivity contribution in [2.24, 2.45) is 10.1 Å². The molecule has 0 aliphatic carbocycles. The van der Waals surface area contributed by atoms with Crippen LogP contribution in [0.4, 0.5) is 14.5 Å². The highest BCUT2D eigenvalue weighted by Gasteiger charge is 2.22. The van der Waals surface area contributed by atoms with Crippen LogP contribution in [0.5, 0.6) is 0 Å². The molecule has 148 valence electrons. The minimum absolute atomic E-state index is 0.0878. The zero-order valence-electron chi connectivity index (χ0n) is 15.8. The molecule has 1 unspecified atom stereocenters. The highest BCUT2D eigenvalue weighted by molar-refractivity contribution is 8.14. The molecule has 28 heavy (non-hydrogen) atoms. The van der Waals surface area contributed by atoms with Crippen LogP contribution in [-0.4, -0.2) is 33.9 Å². The van der Waals surface area contributed by atoms with E-state index in [1.807, 2.05) is 0 Å². The van der Waals surface area contributed by atoms with E-state index in [9.17, 15) is 8.78 Å². The van der Waals surface area contributed by atoms with Gasteiger partial charge in [0.15, 0.2) is 11.0 Å². The molecule has 4 rings (SSSR count). The summed E-state index contributed by atoms with van der Waals surface area (Å²) in [6.45, 7) is 5.91. The van der Waals surface area contributed by atoms with E-state index in [0.29, 0.717) is 10.9 Å². The van der Waals surface area contributed by atoms with Crippen LogP contribution in [-0.2, 0) is 11.3 Å². The molecule has 1 aromatic carbocycles. The van der Waals surface area contributed by atoms with E-state index in [4.69, 9.17) is 4.74 Å². The minimum Gasteiger partial charge on any atom is -0.376 e. The van der Waals surface area contributed by atoms with E-state index >= 15 is 0 Å². The fourth-order valence-electron chi connectivity index (χ4n) is 3.56. The maximum Gasteiger partial charge on any atom is 0.182 e. The number of rotatable bonds is 4. The number of nitrogens with one attached hydrogen (secondary N) is 1. The number of benzene rings is 1. The zero-order valence-corrected chi connectivity index (χ0v) is 16.7. The van der Waals surface area contributed by atoms with Crippen LogP contribution in [0, 0.1) is 25.5 Å². The van der Waals surface area contributed by atoms with Crippen molar-refractivity contribution < 1.29 is 13.5 Å². The molecule has 1 fully saturated rings. The summed E-state index contributed by atoms with van der Waals surface area (Å²) in [6.07, 6.45) is 2.51. The summed E-state index contributed by atoms with van der Waals surface area (Å²) in [5, 5.41) is 4.93. The predicted octanol–water partition coefficient (Wildman–Crippen LogP) is 4.29. The number of hydrogen-bond acceptors (Lipinski definition) is 4. The summed E-state index contributed by atoms with van der Waals surface area (Å²) in [5.41, 5.74) is 7.36. The van der Waals surface area contributed by atoms with Gasteiger partial charge in [0.25, 0.3) is 0 Å². The number of hydrogen-bond donors (Lipinski definition) is 1. The molecule has 0 amide bonds. The van der Waals surface area contributed by atoms with Gasteiger partial charge in [-0.1, -0.05) is 11.8 Å². The summed E-state index contributed by atoms with van der Waals surface area (Å²) in [4.78, 5) is 4.20. The van der Waals surface area contributed by atoms with Gasteiger partial charge in [0.2, 0.25) is 0 Å². The number of aliphatic imine (C=N–C) groups is 1. The third kappa shape index (κ3) is 3.98. The lowest BCUT2D eigenvalue weighted by Gasteiger charge is -2.17. The summed E-state index contributed by atoms with van der Waals surface area (Å²) in [7, 11) is 0. The third-order valence-electron chi connectivity index (χ3n) is 5.06. The van der Waals surface area contributed by atoms with Gasteiger partial charge in [-0.3, -0.25) is 5.43 Å². The second kappa shape index (κ2) is 8.05. The largest absolute Gasteiger partial charge is 0.376 e. The highest BCUT2D eigenvalue weighted by Crippen LogP contribution is 2.25. The van der Waals surface area contributed by atoms with Crippen LogP contribution in [0.15, 0.2) is 34.4 Å². The van der Waals surface area contributed by atoms with Crippen molar-refractivity contribution in [1.29, 1.82) is 0 Å². The molecular formula is C20H22F2N4OS. The van der Waals surface area contributed by atoms with Crippen LogP contribution in [0.2, 0.25) is 0 Å². The maximum atomic E-state index is 13.8. The van der Waals surface area contributed by atoms with Gasteiger partial charge in [0.1, 0.15) is 11.5 Å². The number of ether oxygens (including phenoxy) is 1. The number of amidine groups is 1. The molecule has 0 spiro atoms. The summed E-state index contributed by atoms with van der Waals surface area (Å²) in [6, 6.07) is 5.48. The van der Waals surface area contributed by atoms with Crippen molar-refractivity contribution in [1.82, 2.24) is 9.99 Å². The van der Waals surface area contributed by atoms with Crippen LogP contribution in [0.3, 0.4) is 0 Å². The normalized spacial score (nSPS) is 21.1. The standard InChI is InChI=1S/C20H22F2N4OS/c1-12-8-16(13(2)26(12)10-15-4-3-7-27-15)19-11-28-20(25-24-19)23-18-6-5-14(21)9-17(18)22/h5-6,8-9,15H,3-4,7,10-11H2,1-2H3,(H,23,25). The van der Waals surface area contributed by atoms with Crippen molar-refractivity contribution in [3.63, 3.8) is 0 Å². The first-order valence-electron chi connectivity index (χ1n) is 9.29. The number of hydrazone groups is 1. The second-order valence-corrected chi connectivity index (χ2v) is 7.97. The molecule has 8 heteroatoms. The zero-order chi connectivity index (χ0) is 19.7. The molecule has 5 nitrogen and oxygen atoms in total. The first kappa shape index (κ1) is 19.1. The Morgan fingerprint density at radius 3 is 2.86 bits per heavy atom. The Morgan fingerprint density at radius 2 is 2.18 bits per heavy atom. The van der Waals surface area contributed by atoms with Crippen LogP contribution < -0.4 is 5.43 Å². The monoisotopic (exact) mass is 404 g/mol. The fourth-order valence-corrected chi connectivity index (χ4v) is 4.33. The average molecular weight is 404 g/mol. The van der Waals surface area contributed by atoms with Gasteiger partial charge in [-0.15, -0.1) is 0 Å². The Balaban J connectivity index is 1.51. The number of thioether (sulfide) groups is 1. The van der Waals surface area contributed by atoms with Gasteiger partial charge in [-0.05, 0) is 44.9 Å². The molecule has 1 aromatic heterocycles. The number of halogens is 2. The van der Waals surface area contributed by atoms with Gasteiger partial charge < -0.3 is 9.30 Å². The molecule has 2 aromatic rings. The summed E-state index contributed by atoms with van der Waals surface area (Å²) >= 11 is 1.44. The van der Waals surface area contributed by atoms with E-state index in [2.05, 4.69) is 40.0 Å². The summed E-state index contributed by atoms with van der Waals surface area (Å²) < 4.78 is 34.9. The quantitative estimate of drug-likeness (QED) is 0.827. The van der Waals surface area contributed by atoms with Crippen LogP contribution in [0.25, 0.3) is 0 Å². The second-order valence-electron chi connectivity index (χ2n) is 7.00. The average Bonchev–Trinajstić information content (AvgIpc) is 3.29. The van der Waals surface area contributed by atoms with Gasteiger partial charge in [-0.25, -0.2) is 13.8 Å². The topological polar surface area (TPSA) is 50.9 Å². The molecule has 1 N–H and O–H groups in total. The molecule has 1 saturated heterocycles. The van der Waals surface area contributed by atoms with E-state index in [1.54, 1.807) is 0 Å². The molecule has 0 bridgehead atoms. The van der Waals surface area contributed by atoms with Gasteiger partial charge >= 0.3 is 0 Å². The lowest BCUT2D eigenvalue weighted by molar-refractivity contribution is 0.0962. The summed E-state index contributed by atoms with van der Waals surface area (Å²) in [5.74, 6) is -0.689. The maximum absolute atomic E-state index is 13.8. The van der Waals surface area contributed by atoms with Crippen LogP contribution in [0.1, 0.15) is 29.8 Å². The predicted molar refractivity (Wildman–Crippen MR) is 108 cm³/mol. The lowest BCUT2D eigenvalue weighted by Crippen LogP contribution is -2.25. The van der Waals surface area contributed by atoms with Gasteiger partial charge in [0, 0.05) is 41.9 Å². The lowest BCUT2D eigenvalue weighted by atomic mass is 10.1. The third-order valence-corrected chi connectivity index (χ3v) is 5.93. The van der Waals surface area contributed by atoms with E-state index in [-0.39, 0.29) is 11.8 Å². The molecule has 3 heterocycles. The Bertz CT molecular complexity index is 948. The van der Waals surface area contributed by atoms with Crippen molar-refractivity contribution >= 4 is 28.3 Å². The molecular weight excluding hydrogens is 382 g/mol. The Labute approximate surface area is 166 Å². The Morgan fingerprint density at radius 1 is 1.32 bits per heavy atom. The van der Waals surface area contributed by atoms with Gasteiger partial charge in [0.05, 0.1) is 11.8 Å². The van der Waals surface area contributed by atoms with E-state index < -0.39 is 11.6 Å². The smallest absolute Gasteiger partial charge is 0.182 e.